The van der Waals surface area contributed by atoms with E-state index in [0.717, 1.165) is 32.1 Å². The molecule has 4 nitrogen and oxygen atoms in total. The highest BCUT2D eigenvalue weighted by Gasteiger charge is 2.43. The van der Waals surface area contributed by atoms with Crippen LogP contribution in [0.1, 0.15) is 50.2 Å². The molecule has 132 valence electrons. The molecule has 1 saturated heterocycles. The molecule has 1 aromatic carbocycles. The first kappa shape index (κ1) is 17.3. The maximum Gasteiger partial charge on any atom is 0.193 e. The van der Waals surface area contributed by atoms with Crippen molar-refractivity contribution in [3.05, 3.63) is 35.4 Å². The minimum absolute atomic E-state index is 0.601. The lowest BCUT2D eigenvalue weighted by Crippen LogP contribution is -2.42. The second-order valence-electron chi connectivity index (χ2n) is 7.25. The Morgan fingerprint density at radius 1 is 1.25 bits per heavy atom. The number of nitrogens with one attached hydrogen (secondary N) is 1. The largest absolute Gasteiger partial charge is 0.377 e. The van der Waals surface area contributed by atoms with Crippen molar-refractivity contribution in [2.75, 3.05) is 26.7 Å². The van der Waals surface area contributed by atoms with Crippen LogP contribution < -0.4 is 5.32 Å². The van der Waals surface area contributed by atoms with E-state index in [2.05, 4.69) is 46.4 Å². The molecule has 0 unspecified atom stereocenters. The van der Waals surface area contributed by atoms with Crippen molar-refractivity contribution in [1.29, 1.82) is 0 Å². The highest BCUT2D eigenvalue weighted by Crippen LogP contribution is 2.47. The van der Waals surface area contributed by atoms with Crippen LogP contribution in [0.3, 0.4) is 0 Å². The minimum Gasteiger partial charge on any atom is -0.377 e. The molecule has 1 spiro atoms. The van der Waals surface area contributed by atoms with Crippen LogP contribution in [0.25, 0.3) is 0 Å². The van der Waals surface area contributed by atoms with Crippen molar-refractivity contribution in [2.24, 2.45) is 10.4 Å². The lowest BCUT2D eigenvalue weighted by atomic mass is 9.68. The van der Waals surface area contributed by atoms with Gasteiger partial charge in [0.25, 0.3) is 0 Å². The Hall–Kier alpha value is -1.55. The SMILES string of the molecule is CCCOCc1ccccc1CNC(=NC)N1CCC2(CCC2)C1. The summed E-state index contributed by atoms with van der Waals surface area (Å²) in [5.74, 6) is 1.04. The van der Waals surface area contributed by atoms with Gasteiger partial charge in [-0.15, -0.1) is 0 Å². The summed E-state index contributed by atoms with van der Waals surface area (Å²) in [5.41, 5.74) is 3.17. The van der Waals surface area contributed by atoms with Gasteiger partial charge in [0.05, 0.1) is 6.61 Å². The lowest BCUT2D eigenvalue weighted by Gasteiger charge is -2.38. The van der Waals surface area contributed by atoms with E-state index >= 15 is 0 Å². The van der Waals surface area contributed by atoms with Crippen LogP contribution in [0.5, 0.6) is 0 Å². The first-order valence-electron chi connectivity index (χ1n) is 9.36. The molecule has 0 radical (unpaired) electrons. The van der Waals surface area contributed by atoms with Crippen molar-refractivity contribution >= 4 is 5.96 Å². The summed E-state index contributed by atoms with van der Waals surface area (Å²) in [6.07, 6.45) is 6.60. The average Bonchev–Trinajstić information content (AvgIpc) is 3.03. The molecule has 1 aliphatic heterocycles. The molecule has 3 rings (SSSR count). The van der Waals surface area contributed by atoms with Crippen molar-refractivity contribution < 1.29 is 4.74 Å². The second-order valence-corrected chi connectivity index (χ2v) is 7.25. The number of hydrogen-bond donors (Lipinski definition) is 1. The van der Waals surface area contributed by atoms with Crippen molar-refractivity contribution in [3.8, 4) is 0 Å². The summed E-state index contributed by atoms with van der Waals surface area (Å²) < 4.78 is 5.72. The number of rotatable bonds is 6. The maximum absolute atomic E-state index is 5.72. The zero-order chi connectivity index (χ0) is 16.8. The molecule has 2 fully saturated rings. The van der Waals surface area contributed by atoms with Crippen LogP contribution in [0.4, 0.5) is 0 Å². The zero-order valence-corrected chi connectivity index (χ0v) is 15.2. The predicted octanol–water partition coefficient (Wildman–Crippen LogP) is 3.56. The highest BCUT2D eigenvalue weighted by atomic mass is 16.5. The molecule has 0 atom stereocenters. The summed E-state index contributed by atoms with van der Waals surface area (Å²) in [4.78, 5) is 6.95. The van der Waals surface area contributed by atoms with Gasteiger partial charge in [-0.25, -0.2) is 0 Å². The predicted molar refractivity (Wildman–Crippen MR) is 99.1 cm³/mol. The molecule has 2 aliphatic rings. The third kappa shape index (κ3) is 3.92. The molecule has 0 amide bonds. The van der Waals surface area contributed by atoms with Gasteiger partial charge in [0, 0.05) is 33.3 Å². The third-order valence-electron chi connectivity index (χ3n) is 5.53. The Morgan fingerprint density at radius 2 is 2.04 bits per heavy atom. The second kappa shape index (κ2) is 8.02. The number of nitrogens with zero attached hydrogens (tertiary/aromatic N) is 2. The normalized spacial score (nSPS) is 19.6. The fourth-order valence-corrected chi connectivity index (χ4v) is 3.90. The van der Waals surface area contributed by atoms with E-state index < -0.39 is 0 Å². The monoisotopic (exact) mass is 329 g/mol. The Morgan fingerprint density at radius 3 is 2.67 bits per heavy atom. The van der Waals surface area contributed by atoms with E-state index in [1.54, 1.807) is 0 Å². The summed E-state index contributed by atoms with van der Waals surface area (Å²) in [7, 11) is 1.89. The van der Waals surface area contributed by atoms with Gasteiger partial charge >= 0.3 is 0 Å². The van der Waals surface area contributed by atoms with E-state index in [1.807, 2.05) is 7.05 Å². The Balaban J connectivity index is 1.56. The fourth-order valence-electron chi connectivity index (χ4n) is 3.90. The van der Waals surface area contributed by atoms with Crippen LogP contribution in [-0.2, 0) is 17.9 Å². The number of benzene rings is 1. The molecule has 1 N–H and O–H groups in total. The van der Waals surface area contributed by atoms with Crippen molar-refractivity contribution in [1.82, 2.24) is 10.2 Å². The molecule has 0 bridgehead atoms. The van der Waals surface area contributed by atoms with E-state index in [-0.39, 0.29) is 0 Å². The Bertz CT molecular complexity index is 566. The van der Waals surface area contributed by atoms with Gasteiger partial charge in [-0.05, 0) is 42.2 Å². The molecule has 0 aromatic heterocycles. The third-order valence-corrected chi connectivity index (χ3v) is 5.53. The first-order chi connectivity index (χ1) is 11.8. The average molecular weight is 329 g/mol. The van der Waals surface area contributed by atoms with Gasteiger partial charge in [0.15, 0.2) is 5.96 Å². The van der Waals surface area contributed by atoms with Gasteiger partial charge in [0.2, 0.25) is 0 Å². The van der Waals surface area contributed by atoms with Crippen LogP contribution in [-0.4, -0.2) is 37.6 Å². The fraction of sp³-hybridized carbons (Fsp3) is 0.650. The van der Waals surface area contributed by atoms with E-state index in [4.69, 9.17) is 4.74 Å². The molecular formula is C20H31N3O. The summed E-state index contributed by atoms with van der Waals surface area (Å²) in [6.45, 7) is 6.77. The quantitative estimate of drug-likeness (QED) is 0.492. The number of guanidine groups is 1. The van der Waals surface area contributed by atoms with Crippen molar-refractivity contribution in [3.63, 3.8) is 0 Å². The van der Waals surface area contributed by atoms with Crippen LogP contribution >= 0.6 is 0 Å². The van der Waals surface area contributed by atoms with E-state index in [1.165, 1.54) is 43.4 Å². The summed E-state index contributed by atoms with van der Waals surface area (Å²) in [5, 5.41) is 3.56. The first-order valence-corrected chi connectivity index (χ1v) is 9.36. The number of ether oxygens (including phenoxy) is 1. The number of hydrogen-bond acceptors (Lipinski definition) is 2. The van der Waals surface area contributed by atoms with Gasteiger partial charge in [0.1, 0.15) is 0 Å². The molecule has 24 heavy (non-hydrogen) atoms. The van der Waals surface area contributed by atoms with Gasteiger partial charge in [-0.3, -0.25) is 4.99 Å². The molecule has 1 saturated carbocycles. The Kier molecular flexibility index (Phi) is 5.77. The number of aliphatic imine (C=N–C) groups is 1. The van der Waals surface area contributed by atoms with E-state index in [0.29, 0.717) is 12.0 Å². The minimum atomic E-state index is 0.601. The standard InChI is InChI=1S/C20H31N3O/c1-3-13-24-15-18-8-5-4-7-17(18)14-22-19(21-2)23-12-11-20(16-23)9-6-10-20/h4-5,7-8H,3,6,9-16H2,1-2H3,(H,21,22). The Labute approximate surface area is 146 Å². The topological polar surface area (TPSA) is 36.9 Å². The number of likely N-dealkylation sites (tertiary alicyclic amines) is 1. The van der Waals surface area contributed by atoms with Crippen LogP contribution in [0.2, 0.25) is 0 Å². The van der Waals surface area contributed by atoms with Gasteiger partial charge < -0.3 is 15.0 Å². The smallest absolute Gasteiger partial charge is 0.193 e. The molecule has 1 aliphatic carbocycles. The molecule has 1 heterocycles. The van der Waals surface area contributed by atoms with Gasteiger partial charge in [-0.2, -0.15) is 0 Å². The van der Waals surface area contributed by atoms with E-state index in [9.17, 15) is 0 Å². The molecular weight excluding hydrogens is 298 g/mol. The summed E-state index contributed by atoms with van der Waals surface area (Å²) >= 11 is 0. The highest BCUT2D eigenvalue weighted by molar-refractivity contribution is 5.80. The van der Waals surface area contributed by atoms with Crippen LogP contribution in [0.15, 0.2) is 29.3 Å². The zero-order valence-electron chi connectivity index (χ0n) is 15.2. The summed E-state index contributed by atoms with van der Waals surface area (Å²) in [6, 6.07) is 8.53. The lowest BCUT2D eigenvalue weighted by molar-refractivity contribution is 0.121. The van der Waals surface area contributed by atoms with Gasteiger partial charge in [-0.1, -0.05) is 37.6 Å². The molecule has 1 aromatic rings. The van der Waals surface area contributed by atoms with Crippen LogP contribution in [0, 0.1) is 5.41 Å². The maximum atomic E-state index is 5.72. The van der Waals surface area contributed by atoms with Crippen molar-refractivity contribution in [2.45, 2.75) is 52.2 Å². The molecule has 4 heteroatoms.